The van der Waals surface area contributed by atoms with Crippen molar-refractivity contribution in [1.82, 2.24) is 4.90 Å². The zero-order chi connectivity index (χ0) is 29.8. The van der Waals surface area contributed by atoms with Crippen LogP contribution in [0.25, 0.3) is 11.0 Å². The summed E-state index contributed by atoms with van der Waals surface area (Å²) in [6.45, 7) is 0.659. The van der Waals surface area contributed by atoms with Gasteiger partial charge in [0.15, 0.2) is 11.5 Å². The predicted molar refractivity (Wildman–Crippen MR) is 165 cm³/mol. The Morgan fingerprint density at radius 2 is 1.47 bits per heavy atom. The Labute approximate surface area is 250 Å². The van der Waals surface area contributed by atoms with Crippen molar-refractivity contribution >= 4 is 16.9 Å². The van der Waals surface area contributed by atoms with Gasteiger partial charge in [0.2, 0.25) is 5.91 Å². The lowest BCUT2D eigenvalue weighted by molar-refractivity contribution is -0.135. The molecule has 5 aromatic rings. The van der Waals surface area contributed by atoms with Crippen LogP contribution in [0, 0.1) is 0 Å². The van der Waals surface area contributed by atoms with Gasteiger partial charge in [0.25, 0.3) is 0 Å². The number of benzene rings is 4. The normalized spacial score (nSPS) is 14.4. The van der Waals surface area contributed by atoms with Crippen LogP contribution in [-0.2, 0) is 11.2 Å². The van der Waals surface area contributed by atoms with Crippen LogP contribution in [0.2, 0.25) is 0 Å². The van der Waals surface area contributed by atoms with E-state index in [1.54, 1.807) is 20.3 Å². The van der Waals surface area contributed by atoms with E-state index in [0.29, 0.717) is 47.6 Å². The van der Waals surface area contributed by atoms with Gasteiger partial charge in [-0.15, -0.1) is 0 Å². The van der Waals surface area contributed by atoms with Crippen LogP contribution in [0.15, 0.2) is 112 Å². The second-order valence-corrected chi connectivity index (χ2v) is 10.6. The molecule has 7 heteroatoms. The Hall–Kier alpha value is -5.04. The number of nitrogens with zero attached hydrogens (tertiary/aromatic N) is 1. The summed E-state index contributed by atoms with van der Waals surface area (Å²) in [4.78, 5) is 28.5. The quantitative estimate of drug-likeness (QED) is 0.186. The molecule has 0 saturated heterocycles. The fraction of sp³-hybridized carbons (Fsp3) is 0.222. The van der Waals surface area contributed by atoms with Crippen molar-refractivity contribution in [3.8, 4) is 17.2 Å². The molecule has 1 aliphatic rings. The van der Waals surface area contributed by atoms with Crippen LogP contribution in [-0.4, -0.2) is 38.2 Å². The molecule has 1 unspecified atom stereocenters. The molecule has 0 saturated carbocycles. The van der Waals surface area contributed by atoms with E-state index >= 15 is 0 Å². The maximum absolute atomic E-state index is 14.3. The molecule has 0 spiro atoms. The Morgan fingerprint density at radius 1 is 0.837 bits per heavy atom. The minimum absolute atomic E-state index is 0.0178. The van der Waals surface area contributed by atoms with Crippen LogP contribution >= 0.6 is 0 Å². The van der Waals surface area contributed by atoms with Crippen LogP contribution in [0.3, 0.4) is 0 Å². The number of rotatable bonds is 9. The van der Waals surface area contributed by atoms with Crippen molar-refractivity contribution in [3.05, 3.63) is 136 Å². The van der Waals surface area contributed by atoms with E-state index in [9.17, 15) is 9.59 Å². The van der Waals surface area contributed by atoms with Crippen LogP contribution in [0.4, 0.5) is 0 Å². The molecule has 1 amide bonds. The number of fused-ring (bicyclic) bond motifs is 2. The van der Waals surface area contributed by atoms with E-state index in [1.807, 2.05) is 71.6 Å². The summed E-state index contributed by atoms with van der Waals surface area (Å²) < 4.78 is 22.9. The van der Waals surface area contributed by atoms with Gasteiger partial charge in [-0.05, 0) is 52.9 Å². The van der Waals surface area contributed by atoms with Crippen molar-refractivity contribution in [2.75, 3.05) is 27.4 Å². The average molecular weight is 576 g/mol. The van der Waals surface area contributed by atoms with Crippen LogP contribution < -0.4 is 19.8 Å². The molecule has 0 fully saturated rings. The van der Waals surface area contributed by atoms with Gasteiger partial charge in [0.05, 0.1) is 31.7 Å². The highest BCUT2D eigenvalue weighted by atomic mass is 16.5. The Bertz CT molecular complexity index is 1740. The lowest BCUT2D eigenvalue weighted by Crippen LogP contribution is -2.43. The minimum atomic E-state index is -0.495. The van der Waals surface area contributed by atoms with Gasteiger partial charge in [0.1, 0.15) is 17.9 Å². The molecule has 43 heavy (non-hydrogen) atoms. The summed E-state index contributed by atoms with van der Waals surface area (Å²) in [7, 11) is 3.21. The van der Waals surface area contributed by atoms with Gasteiger partial charge < -0.3 is 23.5 Å². The third-order valence-electron chi connectivity index (χ3n) is 8.11. The molecule has 2 heterocycles. The number of para-hydroxylation sites is 1. The molecule has 218 valence electrons. The van der Waals surface area contributed by atoms with Crippen molar-refractivity contribution in [1.29, 1.82) is 0 Å². The van der Waals surface area contributed by atoms with E-state index in [-0.39, 0.29) is 18.4 Å². The lowest BCUT2D eigenvalue weighted by atomic mass is 9.86. The van der Waals surface area contributed by atoms with Crippen molar-refractivity contribution in [2.24, 2.45) is 0 Å². The first-order chi connectivity index (χ1) is 21.1. The fourth-order valence-corrected chi connectivity index (χ4v) is 5.97. The lowest BCUT2D eigenvalue weighted by Gasteiger charge is -2.38. The molecule has 7 nitrogen and oxygen atoms in total. The molecule has 0 N–H and O–H groups in total. The summed E-state index contributed by atoms with van der Waals surface area (Å²) >= 11 is 0. The number of methoxy groups -OCH3 is 2. The third-order valence-corrected chi connectivity index (χ3v) is 8.11. The highest BCUT2D eigenvalue weighted by Gasteiger charge is 2.34. The summed E-state index contributed by atoms with van der Waals surface area (Å²) in [5.74, 6) is 1.55. The Morgan fingerprint density at radius 3 is 2.14 bits per heavy atom. The monoisotopic (exact) mass is 575 g/mol. The molecule has 0 radical (unpaired) electrons. The zero-order valence-electron chi connectivity index (χ0n) is 24.2. The second kappa shape index (κ2) is 12.4. The minimum Gasteiger partial charge on any atom is -0.493 e. The van der Waals surface area contributed by atoms with E-state index in [0.717, 1.165) is 22.3 Å². The summed E-state index contributed by atoms with van der Waals surface area (Å²) in [6, 6.07) is 32.4. The SMILES string of the molecule is COc1cc2c(cc1OC)C(COc1cc(=O)oc3ccccc13)N(C(=O)CC(c1ccccc1)c1ccccc1)CC2. The topological polar surface area (TPSA) is 78.2 Å². The predicted octanol–water partition coefficient (Wildman–Crippen LogP) is 6.54. The maximum atomic E-state index is 14.3. The molecule has 6 rings (SSSR count). The summed E-state index contributed by atoms with van der Waals surface area (Å²) in [5.41, 5.74) is 4.12. The van der Waals surface area contributed by atoms with Gasteiger partial charge in [0, 0.05) is 18.9 Å². The van der Waals surface area contributed by atoms with Gasteiger partial charge in [-0.3, -0.25) is 4.79 Å². The van der Waals surface area contributed by atoms with Crippen molar-refractivity contribution in [3.63, 3.8) is 0 Å². The first-order valence-electron chi connectivity index (χ1n) is 14.4. The number of hydrogen-bond donors (Lipinski definition) is 0. The Kier molecular flexibility index (Phi) is 8.13. The van der Waals surface area contributed by atoms with Crippen molar-refractivity contribution < 1.29 is 23.4 Å². The van der Waals surface area contributed by atoms with Gasteiger partial charge in [-0.25, -0.2) is 4.79 Å². The van der Waals surface area contributed by atoms with Gasteiger partial charge in [-0.2, -0.15) is 0 Å². The summed E-state index contributed by atoms with van der Waals surface area (Å²) in [5, 5.41) is 0.691. The van der Waals surface area contributed by atoms with E-state index in [4.69, 9.17) is 18.6 Å². The first kappa shape index (κ1) is 28.1. The number of carbonyl (C=O) groups excluding carboxylic acids is 1. The number of ether oxygens (including phenoxy) is 3. The number of carbonyl (C=O) groups is 1. The molecular formula is C36H33NO6. The van der Waals surface area contributed by atoms with Crippen LogP contribution in [0.5, 0.6) is 17.2 Å². The molecule has 1 atom stereocenters. The van der Waals surface area contributed by atoms with E-state index < -0.39 is 11.7 Å². The number of hydrogen-bond acceptors (Lipinski definition) is 6. The average Bonchev–Trinajstić information content (AvgIpc) is 3.05. The van der Waals surface area contributed by atoms with Gasteiger partial charge >= 0.3 is 5.63 Å². The Balaban J connectivity index is 1.37. The molecular weight excluding hydrogens is 542 g/mol. The molecule has 1 aromatic heterocycles. The smallest absolute Gasteiger partial charge is 0.339 e. The standard InChI is InChI=1S/C36H33NO6/c1-40-33-19-26-17-18-37(35(38)21-28(24-11-5-3-6-12-24)25-13-7-4-8-14-25)30(29(26)20-34(33)41-2)23-42-32-22-36(39)43-31-16-10-9-15-27(31)32/h3-16,19-20,22,28,30H,17-18,21,23H2,1-2H3. The largest absolute Gasteiger partial charge is 0.493 e. The highest BCUT2D eigenvalue weighted by Crippen LogP contribution is 2.40. The van der Waals surface area contributed by atoms with Crippen LogP contribution in [0.1, 0.15) is 40.6 Å². The molecule has 0 aliphatic carbocycles. The fourth-order valence-electron chi connectivity index (χ4n) is 5.97. The molecule has 4 aromatic carbocycles. The molecule has 1 aliphatic heterocycles. The van der Waals surface area contributed by atoms with E-state index in [2.05, 4.69) is 24.3 Å². The van der Waals surface area contributed by atoms with E-state index in [1.165, 1.54) is 6.07 Å². The van der Waals surface area contributed by atoms with Crippen molar-refractivity contribution in [2.45, 2.75) is 24.8 Å². The molecule has 0 bridgehead atoms. The second-order valence-electron chi connectivity index (χ2n) is 10.6. The number of amides is 1. The third kappa shape index (κ3) is 5.84. The maximum Gasteiger partial charge on any atom is 0.339 e. The summed E-state index contributed by atoms with van der Waals surface area (Å²) in [6.07, 6.45) is 0.960. The zero-order valence-corrected chi connectivity index (χ0v) is 24.2. The van der Waals surface area contributed by atoms with Gasteiger partial charge in [-0.1, -0.05) is 72.8 Å². The first-order valence-corrected chi connectivity index (χ1v) is 14.4. The highest BCUT2D eigenvalue weighted by molar-refractivity contribution is 5.83.